The third-order valence-electron chi connectivity index (χ3n) is 5.31. The number of amides is 2. The zero-order valence-electron chi connectivity index (χ0n) is 18.1. The maximum atomic E-state index is 11.9. The van der Waals surface area contributed by atoms with Crippen molar-refractivity contribution < 1.29 is 4.79 Å². The Morgan fingerprint density at radius 1 is 1.37 bits per heavy atom. The maximum Gasteiger partial charge on any atom is 0.321 e. The van der Waals surface area contributed by atoms with Crippen LogP contribution < -0.4 is 16.4 Å². The highest BCUT2D eigenvalue weighted by Crippen LogP contribution is 2.32. The number of nitrogens with one attached hydrogen (secondary N) is 3. The summed E-state index contributed by atoms with van der Waals surface area (Å²) in [6, 6.07) is 5.57. The molecule has 0 saturated carbocycles. The molecule has 0 aliphatic heterocycles. The van der Waals surface area contributed by atoms with Gasteiger partial charge in [0.1, 0.15) is 6.07 Å². The summed E-state index contributed by atoms with van der Waals surface area (Å²) in [7, 11) is 0. The number of carbonyl (C=O) groups is 1. The number of urea groups is 1. The Morgan fingerprint density at radius 3 is 2.77 bits per heavy atom. The fraction of sp³-hybridized carbons (Fsp3) is 0.500. The molecule has 2 atom stereocenters. The van der Waals surface area contributed by atoms with Crippen molar-refractivity contribution in [1.29, 1.82) is 5.26 Å². The highest BCUT2D eigenvalue weighted by molar-refractivity contribution is 9.10. The standard InChI is InChI=1S/C22H31BrN6O/c1-5-6-11-26-22(30)29-21-27-15(4)20(28-21)18(25)10-7-13(2)17-9-8-16(12-24)19(23)14(17)3/h8-9,13,18H,5-7,10-11,25H2,1-4H3,(H3,26,27,28,29,30). The van der Waals surface area contributed by atoms with E-state index in [9.17, 15) is 10.1 Å². The molecule has 2 amide bonds. The maximum absolute atomic E-state index is 11.9. The van der Waals surface area contributed by atoms with Crippen LogP contribution in [0, 0.1) is 25.2 Å². The van der Waals surface area contributed by atoms with E-state index in [-0.39, 0.29) is 12.1 Å². The number of anilines is 1. The smallest absolute Gasteiger partial charge is 0.321 e. The molecule has 2 unspecified atom stereocenters. The van der Waals surface area contributed by atoms with Gasteiger partial charge in [0, 0.05) is 22.8 Å². The number of nitriles is 1. The minimum absolute atomic E-state index is 0.232. The van der Waals surface area contributed by atoms with Gasteiger partial charge >= 0.3 is 6.03 Å². The molecule has 5 N–H and O–H groups in total. The van der Waals surface area contributed by atoms with Gasteiger partial charge in [0.2, 0.25) is 5.95 Å². The number of imidazole rings is 1. The molecular formula is C22H31BrN6O. The highest BCUT2D eigenvalue weighted by atomic mass is 79.9. The molecule has 2 aromatic rings. The fourth-order valence-corrected chi connectivity index (χ4v) is 3.92. The largest absolute Gasteiger partial charge is 0.338 e. The third kappa shape index (κ3) is 6.07. The molecule has 8 heteroatoms. The summed E-state index contributed by atoms with van der Waals surface area (Å²) in [6.45, 7) is 8.81. The average molecular weight is 475 g/mol. The van der Waals surface area contributed by atoms with Crippen LogP contribution in [0.25, 0.3) is 0 Å². The molecule has 0 aliphatic carbocycles. The number of halogens is 1. The summed E-state index contributed by atoms with van der Waals surface area (Å²) in [5.74, 6) is 0.702. The van der Waals surface area contributed by atoms with Gasteiger partial charge < -0.3 is 16.0 Å². The van der Waals surface area contributed by atoms with Gasteiger partial charge in [-0.15, -0.1) is 0 Å². The molecule has 1 heterocycles. The molecule has 1 aromatic carbocycles. The van der Waals surface area contributed by atoms with Crippen LogP contribution >= 0.6 is 15.9 Å². The van der Waals surface area contributed by atoms with Crippen LogP contribution in [0.5, 0.6) is 0 Å². The Labute approximate surface area is 187 Å². The van der Waals surface area contributed by atoms with Crippen molar-refractivity contribution in [3.05, 3.63) is 44.7 Å². The number of aryl methyl sites for hydroxylation is 1. The number of carbonyl (C=O) groups excluding carboxylic acids is 1. The molecular weight excluding hydrogens is 444 g/mol. The van der Waals surface area contributed by atoms with Crippen LogP contribution in [0.15, 0.2) is 16.6 Å². The van der Waals surface area contributed by atoms with E-state index in [0.717, 1.165) is 47.1 Å². The van der Waals surface area contributed by atoms with Crippen molar-refractivity contribution in [1.82, 2.24) is 15.3 Å². The second kappa shape index (κ2) is 11.1. The van der Waals surface area contributed by atoms with Crippen LogP contribution in [0.4, 0.5) is 10.7 Å². The van der Waals surface area contributed by atoms with Gasteiger partial charge in [0.25, 0.3) is 0 Å². The van der Waals surface area contributed by atoms with Gasteiger partial charge in [0.15, 0.2) is 0 Å². The molecule has 0 spiro atoms. The molecule has 1 aromatic heterocycles. The van der Waals surface area contributed by atoms with Crippen molar-refractivity contribution in [2.45, 2.75) is 65.3 Å². The topological polar surface area (TPSA) is 120 Å². The predicted molar refractivity (Wildman–Crippen MR) is 123 cm³/mol. The molecule has 2 rings (SSSR count). The summed E-state index contributed by atoms with van der Waals surface area (Å²) in [6.07, 6.45) is 3.60. The van der Waals surface area contributed by atoms with Crippen molar-refractivity contribution >= 4 is 27.9 Å². The lowest BCUT2D eigenvalue weighted by Crippen LogP contribution is -2.29. The molecule has 0 saturated heterocycles. The van der Waals surface area contributed by atoms with E-state index in [4.69, 9.17) is 5.73 Å². The molecule has 0 bridgehead atoms. The monoisotopic (exact) mass is 474 g/mol. The van der Waals surface area contributed by atoms with Gasteiger partial charge in [-0.3, -0.25) is 5.32 Å². The summed E-state index contributed by atoms with van der Waals surface area (Å²) in [5, 5.41) is 14.7. The predicted octanol–water partition coefficient (Wildman–Crippen LogP) is 5.17. The number of hydrogen-bond acceptors (Lipinski definition) is 4. The molecule has 7 nitrogen and oxygen atoms in total. The Morgan fingerprint density at radius 2 is 2.10 bits per heavy atom. The lowest BCUT2D eigenvalue weighted by atomic mass is 9.90. The van der Waals surface area contributed by atoms with Crippen molar-refractivity contribution in [2.24, 2.45) is 5.73 Å². The van der Waals surface area contributed by atoms with E-state index < -0.39 is 0 Å². The van der Waals surface area contributed by atoms with E-state index in [0.29, 0.717) is 24.0 Å². The minimum atomic E-state index is -0.271. The first-order valence-electron chi connectivity index (χ1n) is 10.3. The normalized spacial score (nSPS) is 12.8. The average Bonchev–Trinajstić information content (AvgIpc) is 3.08. The van der Waals surface area contributed by atoms with Gasteiger partial charge in [-0.05, 0) is 72.2 Å². The molecule has 0 fully saturated rings. The first-order chi connectivity index (χ1) is 14.3. The lowest BCUT2D eigenvalue weighted by Gasteiger charge is -2.18. The summed E-state index contributed by atoms with van der Waals surface area (Å²) in [5.41, 5.74) is 11.0. The van der Waals surface area contributed by atoms with Crippen molar-refractivity contribution in [2.75, 3.05) is 11.9 Å². The van der Waals surface area contributed by atoms with Crippen LogP contribution in [0.1, 0.15) is 79.6 Å². The van der Waals surface area contributed by atoms with Gasteiger partial charge in [0.05, 0.1) is 11.3 Å². The summed E-state index contributed by atoms with van der Waals surface area (Å²) < 4.78 is 0.856. The van der Waals surface area contributed by atoms with Crippen LogP contribution in [0.3, 0.4) is 0 Å². The van der Waals surface area contributed by atoms with E-state index in [1.165, 1.54) is 5.56 Å². The molecule has 30 heavy (non-hydrogen) atoms. The third-order valence-corrected chi connectivity index (χ3v) is 6.33. The zero-order valence-corrected chi connectivity index (χ0v) is 19.7. The number of unbranched alkanes of at least 4 members (excludes halogenated alkanes) is 1. The molecule has 0 aliphatic rings. The first-order valence-corrected chi connectivity index (χ1v) is 11.1. The van der Waals surface area contributed by atoms with Crippen LogP contribution in [0.2, 0.25) is 0 Å². The Balaban J connectivity index is 1.97. The number of rotatable bonds is 9. The van der Waals surface area contributed by atoms with E-state index in [1.807, 2.05) is 26.0 Å². The number of H-pyrrole nitrogens is 1. The number of benzene rings is 1. The fourth-order valence-electron chi connectivity index (χ4n) is 3.47. The van der Waals surface area contributed by atoms with Gasteiger partial charge in [-0.1, -0.05) is 26.3 Å². The van der Waals surface area contributed by atoms with Gasteiger partial charge in [-0.25, -0.2) is 9.78 Å². The van der Waals surface area contributed by atoms with Crippen LogP contribution in [-0.4, -0.2) is 22.5 Å². The van der Waals surface area contributed by atoms with Crippen LogP contribution in [-0.2, 0) is 0 Å². The quantitative estimate of drug-likeness (QED) is 0.374. The number of hydrogen-bond donors (Lipinski definition) is 4. The van der Waals surface area contributed by atoms with Crippen molar-refractivity contribution in [3.8, 4) is 6.07 Å². The van der Waals surface area contributed by atoms with Crippen molar-refractivity contribution in [3.63, 3.8) is 0 Å². The highest BCUT2D eigenvalue weighted by Gasteiger charge is 2.19. The molecule has 162 valence electrons. The SMILES string of the molecule is CCCCNC(=O)Nc1nc(C(N)CCC(C)c2ccc(C#N)c(Br)c2C)c(C)[nH]1. The van der Waals surface area contributed by atoms with Gasteiger partial charge in [-0.2, -0.15) is 5.26 Å². The second-order valence-electron chi connectivity index (χ2n) is 7.67. The Hall–Kier alpha value is -2.37. The Kier molecular flexibility index (Phi) is 8.88. The minimum Gasteiger partial charge on any atom is -0.338 e. The number of aromatic amines is 1. The summed E-state index contributed by atoms with van der Waals surface area (Å²) >= 11 is 3.53. The number of aromatic nitrogens is 2. The lowest BCUT2D eigenvalue weighted by molar-refractivity contribution is 0.252. The van der Waals surface area contributed by atoms with E-state index in [1.54, 1.807) is 0 Å². The van der Waals surface area contributed by atoms with E-state index >= 15 is 0 Å². The number of nitrogens with zero attached hydrogens (tertiary/aromatic N) is 2. The summed E-state index contributed by atoms with van der Waals surface area (Å²) in [4.78, 5) is 19.5. The van der Waals surface area contributed by atoms with E-state index in [2.05, 4.69) is 56.4 Å². The second-order valence-corrected chi connectivity index (χ2v) is 8.46. The number of nitrogens with two attached hydrogens (primary N) is 1. The first kappa shape index (κ1) is 23.9. The zero-order chi connectivity index (χ0) is 22.3. The Bertz CT molecular complexity index is 917. The molecule has 0 radical (unpaired) electrons.